The summed E-state index contributed by atoms with van der Waals surface area (Å²) in [6.07, 6.45) is 1.27. The maximum Gasteiger partial charge on any atom is 0.325 e. The maximum atomic E-state index is 12.6. The third-order valence-electron chi connectivity index (χ3n) is 4.11. The first kappa shape index (κ1) is 26.0. The molecule has 4 unspecified atom stereocenters. The van der Waals surface area contributed by atoms with Gasteiger partial charge in [0.2, 0.25) is 23.6 Å². The Bertz CT molecular complexity index is 857. The zero-order valence-electron chi connectivity index (χ0n) is 17.0. The minimum Gasteiger partial charge on any atom is -0.481 e. The van der Waals surface area contributed by atoms with Gasteiger partial charge in [-0.05, 0) is 6.92 Å². The van der Waals surface area contributed by atoms with Crippen molar-refractivity contribution < 1.29 is 39.0 Å². The van der Waals surface area contributed by atoms with E-state index >= 15 is 0 Å². The van der Waals surface area contributed by atoms with Crippen molar-refractivity contribution in [3.05, 3.63) is 18.2 Å². The first-order valence-corrected chi connectivity index (χ1v) is 9.27. The summed E-state index contributed by atoms with van der Waals surface area (Å²) in [5.74, 6) is -6.81. The quantitative estimate of drug-likeness (QED) is 0.144. The highest BCUT2D eigenvalue weighted by atomic mass is 16.4. The fraction of sp³-hybridized carbons (Fsp3) is 0.471. The zero-order chi connectivity index (χ0) is 24.4. The van der Waals surface area contributed by atoms with Gasteiger partial charge in [-0.2, -0.15) is 0 Å². The predicted molar refractivity (Wildman–Crippen MR) is 105 cm³/mol. The number of carbonyl (C=O) groups excluding carboxylic acids is 4. The van der Waals surface area contributed by atoms with E-state index in [1.54, 1.807) is 0 Å². The second-order valence-corrected chi connectivity index (χ2v) is 6.85. The number of aliphatic carboxylic acids is 2. The van der Waals surface area contributed by atoms with Crippen LogP contribution in [0.5, 0.6) is 0 Å². The van der Waals surface area contributed by atoms with Gasteiger partial charge < -0.3 is 42.6 Å². The van der Waals surface area contributed by atoms with Gasteiger partial charge in [0.15, 0.2) is 0 Å². The van der Waals surface area contributed by atoms with Crippen molar-refractivity contribution in [3.63, 3.8) is 0 Å². The fourth-order valence-corrected chi connectivity index (χ4v) is 2.45. The summed E-state index contributed by atoms with van der Waals surface area (Å²) in [4.78, 5) is 77.0. The Morgan fingerprint density at radius 3 is 2.06 bits per heavy atom. The third-order valence-corrected chi connectivity index (χ3v) is 4.11. The van der Waals surface area contributed by atoms with Crippen LogP contribution in [0.25, 0.3) is 0 Å². The van der Waals surface area contributed by atoms with Crippen molar-refractivity contribution in [1.29, 1.82) is 0 Å². The summed E-state index contributed by atoms with van der Waals surface area (Å²) in [5, 5.41) is 24.3. The SMILES string of the molecule is CC(NC(=O)C(CC(N)=O)NC(=O)C(CC(=O)O)NC(=O)C(N)Cc1cnc[nH]1)C(=O)O. The molecule has 0 saturated carbocycles. The lowest BCUT2D eigenvalue weighted by molar-refractivity contribution is -0.143. The van der Waals surface area contributed by atoms with E-state index in [0.717, 1.165) is 6.92 Å². The van der Waals surface area contributed by atoms with Crippen molar-refractivity contribution in [2.75, 3.05) is 0 Å². The number of hydrogen-bond donors (Lipinski definition) is 8. The van der Waals surface area contributed by atoms with Gasteiger partial charge in [-0.25, -0.2) is 4.98 Å². The van der Waals surface area contributed by atoms with Gasteiger partial charge in [-0.15, -0.1) is 0 Å². The number of imidazole rings is 1. The Morgan fingerprint density at radius 1 is 1.00 bits per heavy atom. The van der Waals surface area contributed by atoms with Gasteiger partial charge in [0.25, 0.3) is 0 Å². The summed E-state index contributed by atoms with van der Waals surface area (Å²) < 4.78 is 0. The number of nitrogens with one attached hydrogen (secondary N) is 4. The molecular formula is C17H25N7O8. The number of amides is 4. The molecule has 176 valence electrons. The van der Waals surface area contributed by atoms with Crippen LogP contribution in [-0.4, -0.2) is 79.9 Å². The molecule has 1 aromatic heterocycles. The van der Waals surface area contributed by atoms with Crippen molar-refractivity contribution in [3.8, 4) is 0 Å². The molecule has 4 atom stereocenters. The summed E-state index contributed by atoms with van der Waals surface area (Å²) >= 11 is 0. The van der Waals surface area contributed by atoms with Gasteiger partial charge in [-0.1, -0.05) is 0 Å². The first-order chi connectivity index (χ1) is 14.9. The van der Waals surface area contributed by atoms with Crippen molar-refractivity contribution in [2.45, 2.75) is 50.4 Å². The molecule has 0 radical (unpaired) electrons. The van der Waals surface area contributed by atoms with E-state index in [2.05, 4.69) is 25.9 Å². The molecule has 15 nitrogen and oxygen atoms in total. The minimum atomic E-state index is -1.65. The zero-order valence-corrected chi connectivity index (χ0v) is 17.0. The van der Waals surface area contributed by atoms with Crippen LogP contribution in [0.1, 0.15) is 25.5 Å². The van der Waals surface area contributed by atoms with Gasteiger partial charge in [-0.3, -0.25) is 28.8 Å². The van der Waals surface area contributed by atoms with E-state index in [9.17, 15) is 28.8 Å². The number of carboxylic acids is 2. The Labute approximate surface area is 181 Å². The van der Waals surface area contributed by atoms with Gasteiger partial charge in [0.05, 0.1) is 25.2 Å². The van der Waals surface area contributed by atoms with Crippen LogP contribution in [0.2, 0.25) is 0 Å². The number of rotatable bonds is 13. The van der Waals surface area contributed by atoms with Crippen LogP contribution >= 0.6 is 0 Å². The Morgan fingerprint density at radius 2 is 1.56 bits per heavy atom. The molecule has 0 fully saturated rings. The van der Waals surface area contributed by atoms with Crippen molar-refractivity contribution in [2.24, 2.45) is 11.5 Å². The summed E-state index contributed by atoms with van der Waals surface area (Å²) in [6.45, 7) is 1.15. The van der Waals surface area contributed by atoms with E-state index in [4.69, 9.17) is 21.7 Å². The normalized spacial score (nSPS) is 14.3. The number of nitrogens with zero attached hydrogens (tertiary/aromatic N) is 1. The van der Waals surface area contributed by atoms with Crippen LogP contribution in [0.3, 0.4) is 0 Å². The van der Waals surface area contributed by atoms with E-state index < -0.39 is 72.6 Å². The molecule has 0 spiro atoms. The molecule has 0 aliphatic heterocycles. The predicted octanol–water partition coefficient (Wildman–Crippen LogP) is -3.81. The molecule has 4 amide bonds. The molecule has 32 heavy (non-hydrogen) atoms. The number of carbonyl (C=O) groups is 6. The molecule has 0 bridgehead atoms. The second-order valence-electron chi connectivity index (χ2n) is 6.85. The van der Waals surface area contributed by atoms with Gasteiger partial charge >= 0.3 is 11.9 Å². The number of hydrogen-bond acceptors (Lipinski definition) is 8. The van der Waals surface area contributed by atoms with Gasteiger partial charge in [0.1, 0.15) is 18.1 Å². The van der Waals surface area contributed by atoms with Crippen LogP contribution in [-0.2, 0) is 35.2 Å². The molecular weight excluding hydrogens is 430 g/mol. The molecule has 0 aliphatic rings. The van der Waals surface area contributed by atoms with E-state index in [-0.39, 0.29) is 6.42 Å². The Balaban J connectivity index is 2.90. The maximum absolute atomic E-state index is 12.6. The lowest BCUT2D eigenvalue weighted by atomic mass is 10.1. The molecule has 15 heteroatoms. The highest BCUT2D eigenvalue weighted by Gasteiger charge is 2.31. The number of aromatic nitrogens is 2. The van der Waals surface area contributed by atoms with Crippen LogP contribution < -0.4 is 27.4 Å². The number of nitrogens with two attached hydrogens (primary N) is 2. The average molecular weight is 455 g/mol. The lowest BCUT2D eigenvalue weighted by Gasteiger charge is -2.23. The number of primary amides is 1. The number of aromatic amines is 1. The molecule has 0 saturated heterocycles. The largest absolute Gasteiger partial charge is 0.481 e. The highest BCUT2D eigenvalue weighted by molar-refractivity contribution is 5.97. The van der Waals surface area contributed by atoms with E-state index in [0.29, 0.717) is 5.69 Å². The Hall–Kier alpha value is -4.01. The van der Waals surface area contributed by atoms with Crippen molar-refractivity contribution in [1.82, 2.24) is 25.9 Å². The van der Waals surface area contributed by atoms with E-state index in [1.165, 1.54) is 12.5 Å². The summed E-state index contributed by atoms with van der Waals surface area (Å²) in [6, 6.07) is -5.74. The molecule has 0 aromatic carbocycles. The summed E-state index contributed by atoms with van der Waals surface area (Å²) in [7, 11) is 0. The second kappa shape index (κ2) is 12.0. The minimum absolute atomic E-state index is 0.0209. The monoisotopic (exact) mass is 455 g/mol. The smallest absolute Gasteiger partial charge is 0.325 e. The molecule has 1 heterocycles. The Kier molecular flexibility index (Phi) is 9.75. The topological polar surface area (TPSA) is 260 Å². The average Bonchev–Trinajstić information content (AvgIpc) is 3.18. The highest BCUT2D eigenvalue weighted by Crippen LogP contribution is 2.02. The van der Waals surface area contributed by atoms with Crippen molar-refractivity contribution >= 4 is 35.6 Å². The molecule has 0 aliphatic carbocycles. The van der Waals surface area contributed by atoms with Crippen LogP contribution in [0.4, 0.5) is 0 Å². The number of H-pyrrole nitrogens is 1. The van der Waals surface area contributed by atoms with Crippen LogP contribution in [0.15, 0.2) is 12.5 Å². The molecule has 10 N–H and O–H groups in total. The van der Waals surface area contributed by atoms with Gasteiger partial charge in [0, 0.05) is 18.3 Å². The van der Waals surface area contributed by atoms with E-state index in [1.807, 2.05) is 0 Å². The first-order valence-electron chi connectivity index (χ1n) is 9.27. The lowest BCUT2D eigenvalue weighted by Crippen LogP contribution is -2.58. The third kappa shape index (κ3) is 8.78. The standard InChI is InChI=1S/C17H25N7O8/c1-7(17(31)32)22-15(29)10(3-12(19)25)24-16(30)11(4-13(26)27)23-14(28)9(18)2-8-5-20-6-21-8/h5-7,9-11H,2-4,18H2,1H3,(H2,19,25)(H,20,21)(H,22,29)(H,23,28)(H,24,30)(H,26,27)(H,31,32). The van der Waals surface area contributed by atoms with Crippen LogP contribution in [0, 0.1) is 0 Å². The molecule has 1 rings (SSSR count). The fourth-order valence-electron chi connectivity index (χ4n) is 2.45. The molecule has 1 aromatic rings. The number of carboxylic acid groups (broad SMARTS) is 2. The summed E-state index contributed by atoms with van der Waals surface area (Å²) in [5.41, 5.74) is 11.4.